The van der Waals surface area contributed by atoms with Gasteiger partial charge < -0.3 is 30.5 Å². The number of hydrogen-bond donors (Lipinski definition) is 3. The maximum atomic E-state index is 12.4. The van der Waals surface area contributed by atoms with Crippen LogP contribution in [0.25, 0.3) is 0 Å². The zero-order valence-electron chi connectivity index (χ0n) is 21.9. The van der Waals surface area contributed by atoms with Gasteiger partial charge in [0.15, 0.2) is 11.2 Å². The summed E-state index contributed by atoms with van der Waals surface area (Å²) in [4.78, 5) is 38.6. The summed E-state index contributed by atoms with van der Waals surface area (Å²) in [6, 6.07) is -0.830. The lowest BCUT2D eigenvalue weighted by Gasteiger charge is -2.24. The number of thioether (sulfide) groups is 1. The first-order valence-electron chi connectivity index (χ1n) is 12.3. The van der Waals surface area contributed by atoms with Gasteiger partial charge in [0.05, 0.1) is 25.0 Å². The van der Waals surface area contributed by atoms with E-state index in [0.29, 0.717) is 55.4 Å². The van der Waals surface area contributed by atoms with Crippen LogP contribution in [0.4, 0.5) is 0 Å². The number of amidine groups is 2. The van der Waals surface area contributed by atoms with Crippen LogP contribution in [0.3, 0.4) is 0 Å². The van der Waals surface area contributed by atoms with Crippen LogP contribution in [-0.4, -0.2) is 104 Å². The van der Waals surface area contributed by atoms with Crippen molar-refractivity contribution in [1.29, 1.82) is 0 Å². The van der Waals surface area contributed by atoms with Gasteiger partial charge in [0, 0.05) is 32.1 Å². The number of aliphatic hydroxyl groups is 1. The number of aliphatic hydroxyl groups excluding tert-OH is 1. The highest BCUT2D eigenvalue weighted by Crippen LogP contribution is 2.23. The molecule has 4 N–H and O–H groups in total. The van der Waals surface area contributed by atoms with E-state index >= 15 is 0 Å². The molecule has 3 rings (SSSR count). The first-order valence-corrected chi connectivity index (χ1v) is 13.3. The normalized spacial score (nSPS) is 17.5. The van der Waals surface area contributed by atoms with Gasteiger partial charge in [0.1, 0.15) is 18.1 Å². The number of carbonyl (C=O) groups is 2. The van der Waals surface area contributed by atoms with Crippen LogP contribution in [0.15, 0.2) is 33.3 Å². The van der Waals surface area contributed by atoms with Gasteiger partial charge in [-0.25, -0.2) is 9.67 Å². The molecule has 208 valence electrons. The fraction of sp³-hybridized carbons (Fsp3) is 0.609. The van der Waals surface area contributed by atoms with E-state index in [2.05, 4.69) is 30.6 Å². The van der Waals surface area contributed by atoms with Gasteiger partial charge in [-0.15, -0.1) is 5.10 Å². The molecule has 3 heterocycles. The summed E-state index contributed by atoms with van der Waals surface area (Å²) in [5.74, 6) is 0.107. The number of nitrogens with one attached hydrogen (secondary N) is 1. The molecule has 0 bridgehead atoms. The molecule has 0 spiro atoms. The summed E-state index contributed by atoms with van der Waals surface area (Å²) in [5, 5.41) is 20.5. The number of ether oxygens (including phenoxy) is 2. The molecule has 1 atom stereocenters. The molecule has 14 nitrogen and oxygen atoms in total. The van der Waals surface area contributed by atoms with Crippen LogP contribution in [-0.2, 0) is 32.2 Å². The van der Waals surface area contributed by atoms with Crippen molar-refractivity contribution in [2.75, 3.05) is 38.7 Å². The second kappa shape index (κ2) is 14.1. The molecule has 0 saturated carbocycles. The standard InChI is InChI=1S/C23H35N9O5S/c1-4-37-23(2,3)7-11-36-15-16-13-31(30-29-16)14-17(34)25-8-12-38-22-26-18-19(27-21(24)28-20(18)35)32(22)9-5-6-10-33/h5-6,13,18,33H,4,7-12,14-15H2,1-3H3,(H,25,34)(H2,24,28,35). The number of nitrogens with two attached hydrogens (primary N) is 1. The highest BCUT2D eigenvalue weighted by molar-refractivity contribution is 8.13. The zero-order chi connectivity index (χ0) is 27.5. The Hall–Kier alpha value is -3.14. The molecule has 1 aromatic rings. The lowest BCUT2D eigenvalue weighted by molar-refractivity contribution is -0.121. The molecule has 1 unspecified atom stereocenters. The molecule has 2 aliphatic heterocycles. The number of guanidine groups is 1. The van der Waals surface area contributed by atoms with Crippen molar-refractivity contribution in [2.45, 2.75) is 52.0 Å². The van der Waals surface area contributed by atoms with Crippen molar-refractivity contribution in [1.82, 2.24) is 25.2 Å². The van der Waals surface area contributed by atoms with E-state index in [4.69, 9.17) is 20.3 Å². The molecule has 1 aromatic heterocycles. The maximum Gasteiger partial charge on any atom is 0.281 e. The third-order valence-corrected chi connectivity index (χ3v) is 6.41. The van der Waals surface area contributed by atoms with E-state index in [1.165, 1.54) is 16.4 Å². The van der Waals surface area contributed by atoms with Crippen molar-refractivity contribution in [2.24, 2.45) is 20.7 Å². The smallest absolute Gasteiger partial charge is 0.281 e. The number of nitrogens with zero attached hydrogens (tertiary/aromatic N) is 7. The van der Waals surface area contributed by atoms with Crippen LogP contribution in [0, 0.1) is 0 Å². The van der Waals surface area contributed by atoms with Crippen LogP contribution < -0.4 is 11.1 Å². The van der Waals surface area contributed by atoms with Crippen molar-refractivity contribution < 1.29 is 24.2 Å². The van der Waals surface area contributed by atoms with E-state index in [1.54, 1.807) is 23.2 Å². The van der Waals surface area contributed by atoms with Gasteiger partial charge in [-0.1, -0.05) is 29.1 Å². The first-order chi connectivity index (χ1) is 18.2. The Balaban J connectivity index is 1.40. The van der Waals surface area contributed by atoms with Crippen LogP contribution >= 0.6 is 11.8 Å². The molecule has 0 aromatic carbocycles. The van der Waals surface area contributed by atoms with E-state index < -0.39 is 11.9 Å². The second-order valence-corrected chi connectivity index (χ2v) is 10.0. The second-order valence-electron chi connectivity index (χ2n) is 8.96. The van der Waals surface area contributed by atoms with Crippen LogP contribution in [0.1, 0.15) is 32.9 Å². The third kappa shape index (κ3) is 8.72. The van der Waals surface area contributed by atoms with E-state index in [1.807, 2.05) is 20.8 Å². The molecule has 0 saturated heterocycles. The summed E-state index contributed by atoms with van der Waals surface area (Å²) < 4.78 is 12.8. The quantitative estimate of drug-likeness (QED) is 0.194. The summed E-state index contributed by atoms with van der Waals surface area (Å²) in [6.07, 6.45) is 5.77. The molecule has 0 radical (unpaired) electrons. The summed E-state index contributed by atoms with van der Waals surface area (Å²) >= 11 is 1.37. The summed E-state index contributed by atoms with van der Waals surface area (Å²) in [7, 11) is 0. The van der Waals surface area contributed by atoms with Crippen molar-refractivity contribution in [3.05, 3.63) is 24.0 Å². The SMILES string of the molecule is CCOC(C)(C)CCOCc1cn(CC(=O)NCCSC2=NC3C(=O)N=C(N)N=C3N2CC=CCO)nn1. The predicted molar refractivity (Wildman–Crippen MR) is 144 cm³/mol. The van der Waals surface area contributed by atoms with Crippen LogP contribution in [0.5, 0.6) is 0 Å². The van der Waals surface area contributed by atoms with Gasteiger partial charge in [-0.05, 0) is 27.2 Å². The summed E-state index contributed by atoms with van der Waals surface area (Å²) in [5.41, 5.74) is 6.05. The molecule has 2 amide bonds. The highest BCUT2D eigenvalue weighted by Gasteiger charge is 2.39. The molecule has 0 fully saturated rings. The van der Waals surface area contributed by atoms with Crippen LogP contribution in [0.2, 0.25) is 0 Å². The largest absolute Gasteiger partial charge is 0.392 e. The number of rotatable bonds is 15. The number of carbonyl (C=O) groups excluding carboxylic acids is 2. The monoisotopic (exact) mass is 549 g/mol. The predicted octanol–water partition coefficient (Wildman–Crippen LogP) is -0.309. The van der Waals surface area contributed by atoms with Gasteiger partial charge in [0.25, 0.3) is 5.91 Å². The summed E-state index contributed by atoms with van der Waals surface area (Å²) in [6.45, 7) is 8.14. The Kier molecular flexibility index (Phi) is 10.9. The van der Waals surface area contributed by atoms with E-state index in [0.717, 1.165) is 6.42 Å². The lowest BCUT2D eigenvalue weighted by atomic mass is 10.1. The van der Waals surface area contributed by atoms with Crippen molar-refractivity contribution in [3.63, 3.8) is 0 Å². The van der Waals surface area contributed by atoms with Gasteiger partial charge in [-0.2, -0.15) is 9.98 Å². The Morgan fingerprint density at radius 1 is 1.34 bits per heavy atom. The fourth-order valence-electron chi connectivity index (χ4n) is 3.60. The molecular weight excluding hydrogens is 514 g/mol. The molecule has 2 aliphatic rings. The van der Waals surface area contributed by atoms with E-state index in [9.17, 15) is 9.59 Å². The number of hydrogen-bond acceptors (Lipinski definition) is 12. The topological polar surface area (TPSA) is 182 Å². The Morgan fingerprint density at radius 3 is 2.92 bits per heavy atom. The maximum absolute atomic E-state index is 12.4. The average Bonchev–Trinajstić information content (AvgIpc) is 3.44. The number of aromatic nitrogens is 3. The Bertz CT molecular complexity index is 1100. The first kappa shape index (κ1) is 29.4. The van der Waals surface area contributed by atoms with Gasteiger partial charge >= 0.3 is 0 Å². The van der Waals surface area contributed by atoms with Gasteiger partial charge in [-0.3, -0.25) is 9.59 Å². The highest BCUT2D eigenvalue weighted by atomic mass is 32.2. The number of fused-ring (bicyclic) bond motifs is 1. The third-order valence-electron chi connectivity index (χ3n) is 5.42. The zero-order valence-corrected chi connectivity index (χ0v) is 22.7. The Morgan fingerprint density at radius 2 is 2.16 bits per heavy atom. The Labute approximate surface area is 225 Å². The average molecular weight is 550 g/mol. The molecule has 15 heteroatoms. The van der Waals surface area contributed by atoms with Gasteiger partial charge in [0.2, 0.25) is 11.9 Å². The van der Waals surface area contributed by atoms with E-state index in [-0.39, 0.29) is 30.6 Å². The minimum Gasteiger partial charge on any atom is -0.392 e. The molecule has 0 aliphatic carbocycles. The van der Waals surface area contributed by atoms with Crippen molar-refractivity contribution >= 4 is 40.5 Å². The fourth-order valence-corrected chi connectivity index (χ4v) is 4.49. The minimum atomic E-state index is -0.830. The lowest BCUT2D eigenvalue weighted by Crippen LogP contribution is -2.41. The minimum absolute atomic E-state index is 0.0259. The number of amides is 2. The number of aliphatic imine (C=N–C) groups is 3. The molecule has 38 heavy (non-hydrogen) atoms. The van der Waals surface area contributed by atoms with Crippen molar-refractivity contribution in [3.8, 4) is 0 Å². The molecular formula is C23H35N9O5S.